The molecule has 0 aromatic heterocycles. The molecule has 0 atom stereocenters. The van der Waals surface area contributed by atoms with Crippen molar-refractivity contribution in [1.29, 1.82) is 0 Å². The van der Waals surface area contributed by atoms with Crippen molar-refractivity contribution in [2.45, 2.75) is 31.7 Å². The molecular formula is C12H13F2NO2. The van der Waals surface area contributed by atoms with Crippen LogP contribution in [0.3, 0.4) is 0 Å². The topological polar surface area (TPSA) is 49.3 Å². The summed E-state index contributed by atoms with van der Waals surface area (Å²) in [4.78, 5) is 10.6. The lowest BCUT2D eigenvalue weighted by Crippen LogP contribution is -2.42. The minimum absolute atomic E-state index is 0.0229. The Bertz CT molecular complexity index is 470. The number of nitrogens with one attached hydrogen (secondary N) is 1. The fourth-order valence-electron chi connectivity index (χ4n) is 1.97. The van der Waals surface area contributed by atoms with Crippen molar-refractivity contribution in [2.75, 3.05) is 5.32 Å². The van der Waals surface area contributed by atoms with Crippen LogP contribution in [0.1, 0.15) is 36.5 Å². The Morgan fingerprint density at radius 1 is 1.35 bits per heavy atom. The fraction of sp³-hybridized carbons (Fsp3) is 0.417. The molecule has 0 heterocycles. The van der Waals surface area contributed by atoms with Crippen molar-refractivity contribution in [3.8, 4) is 0 Å². The lowest BCUT2D eigenvalue weighted by Gasteiger charge is -2.40. The van der Waals surface area contributed by atoms with Crippen LogP contribution in [0.2, 0.25) is 0 Å². The van der Waals surface area contributed by atoms with Gasteiger partial charge in [-0.2, -0.15) is 0 Å². The molecule has 0 saturated heterocycles. The molecule has 5 heteroatoms. The van der Waals surface area contributed by atoms with Gasteiger partial charge in [-0.05, 0) is 38.3 Å². The number of carboxylic acid groups (broad SMARTS) is 1. The number of carboxylic acids is 1. The van der Waals surface area contributed by atoms with Crippen LogP contribution in [0.4, 0.5) is 14.5 Å². The maximum absolute atomic E-state index is 13.6. The van der Waals surface area contributed by atoms with Crippen molar-refractivity contribution in [3.05, 3.63) is 29.3 Å². The van der Waals surface area contributed by atoms with E-state index in [0.29, 0.717) is 0 Å². The number of anilines is 1. The van der Waals surface area contributed by atoms with Gasteiger partial charge in [0, 0.05) is 5.54 Å². The third-order valence-electron chi connectivity index (χ3n) is 3.21. The van der Waals surface area contributed by atoms with Gasteiger partial charge in [0.15, 0.2) is 11.6 Å². The number of hydrogen-bond acceptors (Lipinski definition) is 2. The molecule has 1 aromatic carbocycles. The summed E-state index contributed by atoms with van der Waals surface area (Å²) < 4.78 is 27.0. The van der Waals surface area contributed by atoms with Crippen LogP contribution in [0, 0.1) is 11.6 Å². The first kappa shape index (κ1) is 11.8. The predicted octanol–water partition coefficient (Wildman–Crippen LogP) is 3.02. The van der Waals surface area contributed by atoms with E-state index in [0.717, 1.165) is 25.3 Å². The second-order valence-corrected chi connectivity index (χ2v) is 4.63. The highest BCUT2D eigenvalue weighted by atomic mass is 19.2. The van der Waals surface area contributed by atoms with Gasteiger partial charge in [0.1, 0.15) is 0 Å². The normalized spacial score (nSPS) is 17.4. The number of rotatable bonds is 3. The third kappa shape index (κ3) is 2.09. The van der Waals surface area contributed by atoms with Crippen molar-refractivity contribution in [3.63, 3.8) is 0 Å². The van der Waals surface area contributed by atoms with E-state index < -0.39 is 23.2 Å². The standard InChI is InChI=1S/C12H13F2NO2/c1-12(5-2-6-12)15-8-4-3-7(11(16)17)9(13)10(8)14/h3-4,15H,2,5-6H2,1H3,(H,16,17). The van der Waals surface area contributed by atoms with E-state index in [9.17, 15) is 13.6 Å². The third-order valence-corrected chi connectivity index (χ3v) is 3.21. The van der Waals surface area contributed by atoms with Crippen LogP contribution in [0.5, 0.6) is 0 Å². The van der Waals surface area contributed by atoms with Crippen LogP contribution < -0.4 is 5.32 Å². The average Bonchev–Trinajstić information content (AvgIpc) is 2.22. The van der Waals surface area contributed by atoms with E-state index >= 15 is 0 Å². The van der Waals surface area contributed by atoms with Crippen LogP contribution >= 0.6 is 0 Å². The predicted molar refractivity (Wildman–Crippen MR) is 59.2 cm³/mol. The highest BCUT2D eigenvalue weighted by molar-refractivity contribution is 5.88. The van der Waals surface area contributed by atoms with Crippen LogP contribution in [0.15, 0.2) is 12.1 Å². The summed E-state index contributed by atoms with van der Waals surface area (Å²) in [5.41, 5.74) is -0.834. The van der Waals surface area contributed by atoms with Crippen LogP contribution in [-0.2, 0) is 0 Å². The summed E-state index contributed by atoms with van der Waals surface area (Å²) in [7, 11) is 0. The zero-order chi connectivity index (χ0) is 12.6. The molecule has 0 aliphatic heterocycles. The monoisotopic (exact) mass is 241 g/mol. The summed E-state index contributed by atoms with van der Waals surface area (Å²) >= 11 is 0. The van der Waals surface area contributed by atoms with Gasteiger partial charge in [0.05, 0.1) is 11.3 Å². The van der Waals surface area contributed by atoms with Gasteiger partial charge in [-0.25, -0.2) is 13.6 Å². The zero-order valence-corrected chi connectivity index (χ0v) is 9.39. The Balaban J connectivity index is 2.30. The molecule has 1 aliphatic rings. The number of carbonyl (C=O) groups is 1. The molecule has 0 bridgehead atoms. The molecule has 92 valence electrons. The first-order chi connectivity index (χ1) is 7.93. The van der Waals surface area contributed by atoms with Crippen molar-refractivity contribution in [2.24, 2.45) is 0 Å². The van der Waals surface area contributed by atoms with E-state index in [2.05, 4.69) is 5.32 Å². The molecule has 1 aliphatic carbocycles. The van der Waals surface area contributed by atoms with E-state index in [-0.39, 0.29) is 11.2 Å². The van der Waals surface area contributed by atoms with Crippen molar-refractivity contribution < 1.29 is 18.7 Å². The molecule has 0 radical (unpaired) electrons. The molecule has 1 saturated carbocycles. The molecule has 0 amide bonds. The Morgan fingerprint density at radius 2 is 2.00 bits per heavy atom. The van der Waals surface area contributed by atoms with Crippen LogP contribution in [0.25, 0.3) is 0 Å². The zero-order valence-electron chi connectivity index (χ0n) is 9.39. The van der Waals surface area contributed by atoms with Gasteiger partial charge in [-0.1, -0.05) is 0 Å². The Morgan fingerprint density at radius 3 is 2.47 bits per heavy atom. The molecule has 1 aromatic rings. The number of aromatic carboxylic acids is 1. The number of hydrogen-bond donors (Lipinski definition) is 2. The molecule has 17 heavy (non-hydrogen) atoms. The Kier molecular flexibility index (Phi) is 2.77. The highest BCUT2D eigenvalue weighted by Gasteiger charge is 2.32. The Labute approximate surface area is 97.5 Å². The fourth-order valence-corrected chi connectivity index (χ4v) is 1.97. The van der Waals surface area contributed by atoms with Gasteiger partial charge in [-0.3, -0.25) is 0 Å². The first-order valence-corrected chi connectivity index (χ1v) is 5.42. The second-order valence-electron chi connectivity index (χ2n) is 4.63. The minimum Gasteiger partial charge on any atom is -0.478 e. The molecule has 1 fully saturated rings. The van der Waals surface area contributed by atoms with Gasteiger partial charge in [0.25, 0.3) is 0 Å². The quantitative estimate of drug-likeness (QED) is 0.855. The lowest BCUT2D eigenvalue weighted by atomic mass is 9.78. The van der Waals surface area contributed by atoms with E-state index in [1.165, 1.54) is 6.07 Å². The van der Waals surface area contributed by atoms with Gasteiger partial charge in [-0.15, -0.1) is 0 Å². The second kappa shape index (κ2) is 3.98. The summed E-state index contributed by atoms with van der Waals surface area (Å²) in [6.45, 7) is 1.93. The molecule has 3 nitrogen and oxygen atoms in total. The van der Waals surface area contributed by atoms with Crippen LogP contribution in [-0.4, -0.2) is 16.6 Å². The molecule has 2 N–H and O–H groups in total. The van der Waals surface area contributed by atoms with E-state index in [4.69, 9.17) is 5.11 Å². The summed E-state index contributed by atoms with van der Waals surface area (Å²) in [5.74, 6) is -3.91. The average molecular weight is 241 g/mol. The lowest BCUT2D eigenvalue weighted by molar-refractivity contribution is 0.0690. The Hall–Kier alpha value is -1.65. The minimum atomic E-state index is -1.47. The van der Waals surface area contributed by atoms with Gasteiger partial charge >= 0.3 is 5.97 Å². The molecule has 2 rings (SSSR count). The van der Waals surface area contributed by atoms with E-state index in [1.54, 1.807) is 0 Å². The summed E-state index contributed by atoms with van der Waals surface area (Å²) in [6.07, 6.45) is 2.85. The molecule has 0 unspecified atom stereocenters. The maximum atomic E-state index is 13.6. The molecular weight excluding hydrogens is 228 g/mol. The SMILES string of the molecule is CC1(Nc2ccc(C(=O)O)c(F)c2F)CCC1. The highest BCUT2D eigenvalue weighted by Crippen LogP contribution is 2.35. The molecule has 0 spiro atoms. The first-order valence-electron chi connectivity index (χ1n) is 5.42. The number of benzene rings is 1. The summed E-state index contributed by atoms with van der Waals surface area (Å²) in [5, 5.41) is 11.6. The van der Waals surface area contributed by atoms with Crippen molar-refractivity contribution in [1.82, 2.24) is 0 Å². The van der Waals surface area contributed by atoms with E-state index in [1.807, 2.05) is 6.92 Å². The summed E-state index contributed by atoms with van der Waals surface area (Å²) in [6, 6.07) is 2.34. The van der Waals surface area contributed by atoms with Gasteiger partial charge in [0.2, 0.25) is 0 Å². The smallest absolute Gasteiger partial charge is 0.338 e. The maximum Gasteiger partial charge on any atom is 0.338 e. The largest absolute Gasteiger partial charge is 0.478 e. The number of halogens is 2. The van der Waals surface area contributed by atoms with Gasteiger partial charge < -0.3 is 10.4 Å². The van der Waals surface area contributed by atoms with Crippen molar-refractivity contribution >= 4 is 11.7 Å².